The molecule has 69 heavy (non-hydrogen) atoms. The number of benzene rings is 9. The summed E-state index contributed by atoms with van der Waals surface area (Å²) in [6, 6.07) is 76.3. The Morgan fingerprint density at radius 1 is 0.348 bits per heavy atom. The van der Waals surface area contributed by atoms with E-state index in [1.165, 1.54) is 0 Å². The molecular weight excluding hydrogens is 845 g/mol. The molecule has 0 aliphatic carbocycles. The summed E-state index contributed by atoms with van der Waals surface area (Å²) in [7, 11) is 0. The Bertz CT molecular complexity index is 4250. The maximum atomic E-state index is 11.3. The summed E-state index contributed by atoms with van der Waals surface area (Å²) in [4.78, 5) is 10.2. The van der Waals surface area contributed by atoms with Crippen molar-refractivity contribution in [2.24, 2.45) is 0 Å². The number of hydrogen-bond acceptors (Lipinski definition) is 5. The maximum Gasteiger partial charge on any atom is 0.160 e. The van der Waals surface area contributed by atoms with Gasteiger partial charge in [-0.25, -0.2) is 9.97 Å². The number of hydrogen-bond donors (Lipinski definition) is 0. The van der Waals surface area contributed by atoms with Crippen LogP contribution in [0.3, 0.4) is 0 Å². The predicted molar refractivity (Wildman–Crippen MR) is 276 cm³/mol. The Kier molecular flexibility index (Phi) is 8.85. The first kappa shape index (κ1) is 39.3. The van der Waals surface area contributed by atoms with Crippen LogP contribution in [-0.2, 0) is 0 Å². The van der Waals surface area contributed by atoms with Crippen molar-refractivity contribution in [3.05, 3.63) is 223 Å². The van der Waals surface area contributed by atoms with E-state index in [1.807, 2.05) is 127 Å². The highest BCUT2D eigenvalue weighted by Gasteiger charge is 2.29. The van der Waals surface area contributed by atoms with Gasteiger partial charge in [0.05, 0.1) is 79.0 Å². The molecule has 0 bridgehead atoms. The molecule has 0 amide bonds. The van der Waals surface area contributed by atoms with E-state index in [4.69, 9.17) is 9.97 Å². The predicted octanol–water partition coefficient (Wildman–Crippen LogP) is 14.4. The normalized spacial score (nSPS) is 11.4. The molecule has 0 atom stereocenters. The fraction of sp³-hybridized carbons (Fsp3) is 0. The third-order valence-corrected chi connectivity index (χ3v) is 13.3. The zero-order valence-electron chi connectivity index (χ0n) is 36.7. The van der Waals surface area contributed by atoms with E-state index in [2.05, 4.69) is 111 Å². The summed E-state index contributed by atoms with van der Waals surface area (Å²) in [6.07, 6.45) is 0. The molecule has 8 nitrogen and oxygen atoms in total. The molecule has 13 rings (SSSR count). The van der Waals surface area contributed by atoms with Crippen molar-refractivity contribution >= 4 is 65.4 Å². The van der Waals surface area contributed by atoms with Crippen LogP contribution >= 0.6 is 0 Å². The number of nitrogens with zero attached hydrogens (tertiary/aromatic N) is 8. The van der Waals surface area contributed by atoms with Crippen molar-refractivity contribution in [3.63, 3.8) is 0 Å². The largest absolute Gasteiger partial charge is 0.308 e. The van der Waals surface area contributed by atoms with E-state index in [0.717, 1.165) is 99.3 Å². The van der Waals surface area contributed by atoms with Crippen molar-refractivity contribution in [2.75, 3.05) is 0 Å². The minimum atomic E-state index is 0.450. The third kappa shape index (κ3) is 5.99. The molecule has 4 aromatic heterocycles. The van der Waals surface area contributed by atoms with Gasteiger partial charge in [0, 0.05) is 60.4 Å². The van der Waals surface area contributed by atoms with Gasteiger partial charge in [-0.05, 0) is 78.9 Å². The van der Waals surface area contributed by atoms with Gasteiger partial charge in [-0.3, -0.25) is 0 Å². The smallest absolute Gasteiger partial charge is 0.160 e. The number of aromatic nitrogens is 5. The van der Waals surface area contributed by atoms with Crippen LogP contribution in [0.1, 0.15) is 16.7 Å². The van der Waals surface area contributed by atoms with Crippen LogP contribution < -0.4 is 0 Å². The molecule has 0 spiro atoms. The zero-order chi connectivity index (χ0) is 46.2. The molecule has 0 saturated heterocycles. The molecule has 13 aromatic rings. The van der Waals surface area contributed by atoms with Crippen LogP contribution in [0.5, 0.6) is 0 Å². The highest BCUT2D eigenvalue weighted by Crippen LogP contribution is 2.50. The minimum absolute atomic E-state index is 0.450. The molecule has 0 aliphatic rings. The highest BCUT2D eigenvalue weighted by molar-refractivity contribution is 6.40. The Hall–Kier alpha value is -10.1. The van der Waals surface area contributed by atoms with Gasteiger partial charge in [0.2, 0.25) is 0 Å². The Morgan fingerprint density at radius 2 is 0.783 bits per heavy atom. The average Bonchev–Trinajstić information content (AvgIpc) is 4.07. The van der Waals surface area contributed by atoms with E-state index < -0.39 is 0 Å². The van der Waals surface area contributed by atoms with Gasteiger partial charge in [0.25, 0.3) is 0 Å². The Morgan fingerprint density at radius 3 is 1.25 bits per heavy atom. The quantitative estimate of drug-likeness (QED) is 0.165. The second-order valence-electron chi connectivity index (χ2n) is 17.1. The molecular formula is C61H34N8. The Balaban J connectivity index is 1.20. The molecule has 4 heterocycles. The van der Waals surface area contributed by atoms with Crippen LogP contribution in [0.15, 0.2) is 206 Å². The standard InChI is InChI=1S/C61H34N8/c62-35-38-15-13-21-44(31-38)67-52-26-10-7-23-46(52)55-58-56(47-24-8-11-27-53(47)68(58)45-22-14-16-39(32-45)36-63)60-57(59(55)67)48-25-9-12-28-54(48)69(60)51-30-29-42(33-43(51)37-64)61-65-49(40-17-3-1-4-18-40)34-50(66-61)41-19-5-2-6-20-41/h1-34H. The topological polar surface area (TPSA) is 112 Å². The van der Waals surface area contributed by atoms with Gasteiger partial charge in [0.1, 0.15) is 6.07 Å². The first-order chi connectivity index (χ1) is 34.1. The maximum absolute atomic E-state index is 11.3. The summed E-state index contributed by atoms with van der Waals surface area (Å²) in [5, 5.41) is 37.8. The average molecular weight is 879 g/mol. The molecule has 318 valence electrons. The van der Waals surface area contributed by atoms with Crippen molar-refractivity contribution < 1.29 is 0 Å². The van der Waals surface area contributed by atoms with E-state index in [1.54, 1.807) is 0 Å². The lowest BCUT2D eigenvalue weighted by atomic mass is 10.0. The summed E-state index contributed by atoms with van der Waals surface area (Å²) in [5.41, 5.74) is 13.9. The van der Waals surface area contributed by atoms with Crippen molar-refractivity contribution in [1.29, 1.82) is 15.8 Å². The van der Waals surface area contributed by atoms with Gasteiger partial charge < -0.3 is 13.7 Å². The number of fused-ring (bicyclic) bond motifs is 12. The van der Waals surface area contributed by atoms with Gasteiger partial charge in [0.15, 0.2) is 5.82 Å². The fourth-order valence-corrected chi connectivity index (χ4v) is 10.4. The molecule has 0 saturated carbocycles. The van der Waals surface area contributed by atoms with Crippen LogP contribution in [0.25, 0.3) is 116 Å². The highest BCUT2D eigenvalue weighted by atomic mass is 15.0. The fourth-order valence-electron chi connectivity index (χ4n) is 10.4. The van der Waals surface area contributed by atoms with Crippen LogP contribution in [0.4, 0.5) is 0 Å². The molecule has 0 N–H and O–H groups in total. The summed E-state index contributed by atoms with van der Waals surface area (Å²) in [5.74, 6) is 0.511. The first-order valence-electron chi connectivity index (χ1n) is 22.6. The lowest BCUT2D eigenvalue weighted by Gasteiger charge is -2.15. The van der Waals surface area contributed by atoms with E-state index in [9.17, 15) is 15.8 Å². The lowest BCUT2D eigenvalue weighted by Crippen LogP contribution is -2.01. The summed E-state index contributed by atoms with van der Waals surface area (Å²) < 4.78 is 6.82. The second-order valence-corrected chi connectivity index (χ2v) is 17.1. The molecule has 0 radical (unpaired) electrons. The van der Waals surface area contributed by atoms with Crippen molar-refractivity contribution in [3.8, 4) is 69.2 Å². The lowest BCUT2D eigenvalue weighted by molar-refractivity contribution is 1.15. The minimum Gasteiger partial charge on any atom is -0.308 e. The molecule has 9 aromatic carbocycles. The number of nitriles is 3. The summed E-state index contributed by atoms with van der Waals surface area (Å²) in [6.45, 7) is 0. The van der Waals surface area contributed by atoms with E-state index in [-0.39, 0.29) is 0 Å². The van der Waals surface area contributed by atoms with Crippen molar-refractivity contribution in [1.82, 2.24) is 23.7 Å². The van der Waals surface area contributed by atoms with Gasteiger partial charge >= 0.3 is 0 Å². The van der Waals surface area contributed by atoms with Crippen molar-refractivity contribution in [2.45, 2.75) is 0 Å². The van der Waals surface area contributed by atoms with E-state index >= 15 is 0 Å². The SMILES string of the molecule is N#Cc1cccc(-n2c3ccccc3c3c2c2c4ccccc4n(-c4ccc(-c5nc(-c6ccccc6)cc(-c6ccccc6)n5)cc4C#N)c2c2c4ccccc4n(-c4cccc(C#N)c4)c32)c1. The van der Waals surface area contributed by atoms with Crippen LogP contribution in [0.2, 0.25) is 0 Å². The first-order valence-corrected chi connectivity index (χ1v) is 22.6. The number of para-hydroxylation sites is 3. The van der Waals surface area contributed by atoms with E-state index in [0.29, 0.717) is 33.8 Å². The van der Waals surface area contributed by atoms with Crippen LogP contribution in [0, 0.1) is 34.0 Å². The molecule has 8 heteroatoms. The monoisotopic (exact) mass is 878 g/mol. The molecule has 0 fully saturated rings. The molecule has 0 aliphatic heterocycles. The zero-order valence-corrected chi connectivity index (χ0v) is 36.7. The molecule has 0 unspecified atom stereocenters. The van der Waals surface area contributed by atoms with Gasteiger partial charge in [-0.1, -0.05) is 127 Å². The second kappa shape index (κ2) is 15.5. The van der Waals surface area contributed by atoms with Gasteiger partial charge in [-0.15, -0.1) is 0 Å². The summed E-state index contributed by atoms with van der Waals surface area (Å²) >= 11 is 0. The number of rotatable bonds is 6. The van der Waals surface area contributed by atoms with Gasteiger partial charge in [-0.2, -0.15) is 15.8 Å². The Labute approximate surface area is 395 Å². The van der Waals surface area contributed by atoms with Crippen LogP contribution in [-0.4, -0.2) is 23.7 Å². The third-order valence-electron chi connectivity index (χ3n) is 13.3.